The van der Waals surface area contributed by atoms with Gasteiger partial charge < -0.3 is 15.3 Å². The van der Waals surface area contributed by atoms with E-state index < -0.39 is 5.97 Å². The topological polar surface area (TPSA) is 82.5 Å². The molecule has 1 fully saturated rings. The molecular formula is C15H21N3O3. The van der Waals surface area contributed by atoms with Gasteiger partial charge in [0.2, 0.25) is 5.91 Å². The van der Waals surface area contributed by atoms with Gasteiger partial charge in [0, 0.05) is 32.3 Å². The summed E-state index contributed by atoms with van der Waals surface area (Å²) in [6.07, 6.45) is 3.45. The van der Waals surface area contributed by atoms with Crippen LogP contribution in [0.2, 0.25) is 0 Å². The summed E-state index contributed by atoms with van der Waals surface area (Å²) in [6, 6.07) is 3.36. The molecule has 0 bridgehead atoms. The van der Waals surface area contributed by atoms with Crippen LogP contribution in [0.25, 0.3) is 0 Å². The summed E-state index contributed by atoms with van der Waals surface area (Å²) >= 11 is 0. The van der Waals surface area contributed by atoms with Crippen molar-refractivity contribution in [2.24, 2.45) is 5.92 Å². The van der Waals surface area contributed by atoms with E-state index in [1.807, 2.05) is 11.8 Å². The number of carbonyl (C=O) groups excluding carboxylic acids is 1. The number of carboxylic acids is 1. The molecule has 2 N–H and O–H groups in total. The summed E-state index contributed by atoms with van der Waals surface area (Å²) in [5.74, 6) is -0.00701. The zero-order valence-corrected chi connectivity index (χ0v) is 12.4. The molecule has 0 aromatic carbocycles. The van der Waals surface area contributed by atoms with Crippen LogP contribution in [-0.4, -0.2) is 41.1 Å². The predicted molar refractivity (Wildman–Crippen MR) is 79.4 cm³/mol. The van der Waals surface area contributed by atoms with Crippen molar-refractivity contribution in [3.8, 4) is 0 Å². The number of amides is 1. The summed E-state index contributed by atoms with van der Waals surface area (Å²) in [5.41, 5.74) is 0.242. The quantitative estimate of drug-likeness (QED) is 0.879. The van der Waals surface area contributed by atoms with Crippen molar-refractivity contribution in [2.45, 2.75) is 32.7 Å². The highest BCUT2D eigenvalue weighted by atomic mass is 16.4. The Bertz CT molecular complexity index is 525. The van der Waals surface area contributed by atoms with Crippen LogP contribution in [-0.2, 0) is 4.79 Å². The minimum atomic E-state index is -0.952. The number of carbonyl (C=O) groups is 2. The van der Waals surface area contributed by atoms with Gasteiger partial charge >= 0.3 is 5.97 Å². The number of piperidine rings is 1. The van der Waals surface area contributed by atoms with E-state index in [0.717, 1.165) is 25.9 Å². The van der Waals surface area contributed by atoms with Crippen LogP contribution < -0.4 is 10.2 Å². The van der Waals surface area contributed by atoms with Gasteiger partial charge in [-0.3, -0.25) is 4.79 Å². The zero-order chi connectivity index (χ0) is 15.4. The van der Waals surface area contributed by atoms with Crippen LogP contribution in [0.3, 0.4) is 0 Å². The second kappa shape index (κ2) is 6.56. The van der Waals surface area contributed by atoms with Crippen molar-refractivity contribution >= 4 is 17.7 Å². The van der Waals surface area contributed by atoms with E-state index in [2.05, 4.69) is 10.3 Å². The highest BCUT2D eigenvalue weighted by molar-refractivity contribution is 5.93. The number of nitrogens with zero attached hydrogens (tertiary/aromatic N) is 2. The Morgan fingerprint density at radius 1 is 1.43 bits per heavy atom. The molecular weight excluding hydrogens is 270 g/mol. The van der Waals surface area contributed by atoms with Gasteiger partial charge in [0.15, 0.2) is 0 Å². The van der Waals surface area contributed by atoms with Crippen molar-refractivity contribution < 1.29 is 14.7 Å². The number of pyridine rings is 1. The average molecular weight is 291 g/mol. The number of hydrogen-bond acceptors (Lipinski definition) is 4. The Kier molecular flexibility index (Phi) is 4.77. The first kappa shape index (κ1) is 15.3. The van der Waals surface area contributed by atoms with E-state index in [1.54, 1.807) is 18.3 Å². The monoisotopic (exact) mass is 291 g/mol. The molecule has 0 radical (unpaired) electrons. The van der Waals surface area contributed by atoms with Crippen molar-refractivity contribution in [3.05, 3.63) is 23.9 Å². The fraction of sp³-hybridized carbons (Fsp3) is 0.533. The first-order chi connectivity index (χ1) is 9.99. The van der Waals surface area contributed by atoms with Gasteiger partial charge in [-0.25, -0.2) is 9.78 Å². The largest absolute Gasteiger partial charge is 0.478 e. The van der Waals surface area contributed by atoms with E-state index in [-0.39, 0.29) is 17.5 Å². The lowest BCUT2D eigenvalue weighted by Crippen LogP contribution is -2.43. The van der Waals surface area contributed by atoms with Crippen LogP contribution in [0.5, 0.6) is 0 Å². The Morgan fingerprint density at radius 2 is 2.10 bits per heavy atom. The summed E-state index contributed by atoms with van der Waals surface area (Å²) < 4.78 is 0. The van der Waals surface area contributed by atoms with Crippen LogP contribution in [0.1, 0.15) is 37.0 Å². The van der Waals surface area contributed by atoms with E-state index in [0.29, 0.717) is 11.7 Å². The Morgan fingerprint density at radius 3 is 2.67 bits per heavy atom. The molecule has 1 aromatic rings. The fourth-order valence-electron chi connectivity index (χ4n) is 2.87. The van der Waals surface area contributed by atoms with Crippen LogP contribution >= 0.6 is 0 Å². The van der Waals surface area contributed by atoms with Crippen molar-refractivity contribution in [1.82, 2.24) is 10.3 Å². The summed E-state index contributed by atoms with van der Waals surface area (Å²) in [5, 5.41) is 12.2. The zero-order valence-electron chi connectivity index (χ0n) is 12.4. The smallest absolute Gasteiger partial charge is 0.339 e. The van der Waals surface area contributed by atoms with Gasteiger partial charge in [0.25, 0.3) is 0 Å². The molecule has 1 aliphatic rings. The van der Waals surface area contributed by atoms with E-state index in [4.69, 9.17) is 0 Å². The lowest BCUT2D eigenvalue weighted by molar-refractivity contribution is -0.119. The normalized spacial score (nSPS) is 17.3. The molecule has 1 atom stereocenters. The number of hydrogen-bond donors (Lipinski definition) is 2. The van der Waals surface area contributed by atoms with E-state index in [1.165, 1.54) is 6.92 Å². The number of carboxylic acid groups (broad SMARTS) is 1. The second-order valence-electron chi connectivity index (χ2n) is 5.49. The number of rotatable bonds is 4. The summed E-state index contributed by atoms with van der Waals surface area (Å²) in [6.45, 7) is 5.06. The molecule has 6 nitrogen and oxygen atoms in total. The van der Waals surface area contributed by atoms with Crippen molar-refractivity contribution in [3.63, 3.8) is 0 Å². The minimum absolute atomic E-state index is 0.0113. The van der Waals surface area contributed by atoms with Gasteiger partial charge in [-0.05, 0) is 37.8 Å². The first-order valence-electron chi connectivity index (χ1n) is 7.19. The third-order valence-electron chi connectivity index (χ3n) is 3.99. The molecule has 0 saturated carbocycles. The number of anilines is 1. The molecule has 2 rings (SSSR count). The molecule has 21 heavy (non-hydrogen) atoms. The van der Waals surface area contributed by atoms with Gasteiger partial charge in [0.05, 0.1) is 0 Å². The maximum atomic E-state index is 11.2. The predicted octanol–water partition coefficient (Wildman–Crippen LogP) is 1.52. The third kappa shape index (κ3) is 3.71. The van der Waals surface area contributed by atoms with Gasteiger partial charge in [-0.1, -0.05) is 0 Å². The Labute approximate surface area is 124 Å². The lowest BCUT2D eigenvalue weighted by Gasteiger charge is -2.36. The average Bonchev–Trinajstić information content (AvgIpc) is 2.46. The first-order valence-corrected chi connectivity index (χ1v) is 7.19. The Hall–Kier alpha value is -2.11. The molecule has 1 saturated heterocycles. The summed E-state index contributed by atoms with van der Waals surface area (Å²) in [7, 11) is 0. The second-order valence-corrected chi connectivity index (χ2v) is 5.49. The van der Waals surface area contributed by atoms with Gasteiger partial charge in [0.1, 0.15) is 11.4 Å². The van der Waals surface area contributed by atoms with E-state index in [9.17, 15) is 14.7 Å². The van der Waals surface area contributed by atoms with Gasteiger partial charge in [-0.2, -0.15) is 0 Å². The molecule has 1 aliphatic heterocycles. The molecule has 1 amide bonds. The van der Waals surface area contributed by atoms with Crippen molar-refractivity contribution in [2.75, 3.05) is 18.0 Å². The summed E-state index contributed by atoms with van der Waals surface area (Å²) in [4.78, 5) is 28.6. The van der Waals surface area contributed by atoms with E-state index >= 15 is 0 Å². The Balaban J connectivity index is 2.01. The highest BCUT2D eigenvalue weighted by Gasteiger charge is 2.26. The van der Waals surface area contributed by atoms with Crippen LogP contribution in [0.15, 0.2) is 18.3 Å². The standard InChI is InChI=1S/C15H21N3O3/c1-10(17-11(2)19)12-5-8-18(9-6-12)14-13(15(20)21)4-3-7-16-14/h3-4,7,10,12H,5-6,8-9H2,1-2H3,(H,17,19)(H,20,21). The maximum absolute atomic E-state index is 11.2. The third-order valence-corrected chi connectivity index (χ3v) is 3.99. The fourth-order valence-corrected chi connectivity index (χ4v) is 2.87. The minimum Gasteiger partial charge on any atom is -0.478 e. The highest BCUT2D eigenvalue weighted by Crippen LogP contribution is 2.26. The van der Waals surface area contributed by atoms with Crippen LogP contribution in [0.4, 0.5) is 5.82 Å². The molecule has 2 heterocycles. The SMILES string of the molecule is CC(=O)NC(C)C1CCN(c2ncccc2C(=O)O)CC1. The lowest BCUT2D eigenvalue weighted by atomic mass is 9.90. The molecule has 6 heteroatoms. The number of aromatic carboxylic acids is 1. The van der Waals surface area contributed by atoms with Crippen LogP contribution in [0, 0.1) is 5.92 Å². The molecule has 0 spiro atoms. The number of nitrogens with one attached hydrogen (secondary N) is 1. The van der Waals surface area contributed by atoms with Gasteiger partial charge in [-0.15, -0.1) is 0 Å². The molecule has 1 aromatic heterocycles. The van der Waals surface area contributed by atoms with Crippen molar-refractivity contribution in [1.29, 1.82) is 0 Å². The maximum Gasteiger partial charge on any atom is 0.339 e. The molecule has 0 aliphatic carbocycles. The molecule has 1 unspecified atom stereocenters. The molecule has 114 valence electrons. The number of aromatic nitrogens is 1.